The van der Waals surface area contributed by atoms with Gasteiger partial charge in [0.1, 0.15) is 0 Å². The molecule has 4 rings (SSSR count). The summed E-state index contributed by atoms with van der Waals surface area (Å²) in [5, 5.41) is 11.0. The van der Waals surface area contributed by atoms with Crippen molar-refractivity contribution < 1.29 is 4.74 Å². The van der Waals surface area contributed by atoms with Gasteiger partial charge in [-0.3, -0.25) is 0 Å². The fraction of sp³-hybridized carbons (Fsp3) is 0.316. The van der Waals surface area contributed by atoms with E-state index in [1.807, 2.05) is 19.2 Å². The lowest BCUT2D eigenvalue weighted by Gasteiger charge is -2.28. The summed E-state index contributed by atoms with van der Waals surface area (Å²) in [5.41, 5.74) is 8.98. The molecule has 2 aromatic heterocycles. The molecule has 140 valence electrons. The Morgan fingerprint density at radius 1 is 1.33 bits per heavy atom. The van der Waals surface area contributed by atoms with Crippen molar-refractivity contribution in [3.05, 3.63) is 34.7 Å². The molecule has 0 saturated carbocycles. The third-order valence-corrected chi connectivity index (χ3v) is 5.71. The van der Waals surface area contributed by atoms with Crippen LogP contribution in [0.2, 0.25) is 0 Å². The van der Waals surface area contributed by atoms with Gasteiger partial charge in [0.2, 0.25) is 0 Å². The summed E-state index contributed by atoms with van der Waals surface area (Å²) in [6.07, 6.45) is 1.27. The van der Waals surface area contributed by atoms with Crippen LogP contribution in [0.3, 0.4) is 0 Å². The second-order valence-corrected chi connectivity index (χ2v) is 7.52. The number of morpholine rings is 1. The van der Waals surface area contributed by atoms with Crippen molar-refractivity contribution in [1.82, 2.24) is 15.3 Å². The Kier molecular flexibility index (Phi) is 5.02. The second-order valence-electron chi connectivity index (χ2n) is 6.38. The number of nitrogens with two attached hydrogens (primary N) is 1. The minimum atomic E-state index is 0.556. The summed E-state index contributed by atoms with van der Waals surface area (Å²) in [6.45, 7) is 3.79. The molecule has 1 saturated heterocycles. The molecule has 0 spiro atoms. The predicted octanol–water partition coefficient (Wildman–Crippen LogP) is 2.49. The number of benzene rings is 1. The largest absolute Gasteiger partial charge is 0.398 e. The topological polar surface area (TPSA) is 100 Å². The fourth-order valence-electron chi connectivity index (χ4n) is 3.27. The van der Waals surface area contributed by atoms with Crippen molar-refractivity contribution in [2.75, 3.05) is 44.0 Å². The van der Waals surface area contributed by atoms with Gasteiger partial charge in [-0.25, -0.2) is 9.97 Å². The van der Waals surface area contributed by atoms with Gasteiger partial charge in [-0.1, -0.05) is 12.1 Å². The van der Waals surface area contributed by atoms with Crippen LogP contribution in [0.25, 0.3) is 21.6 Å². The number of fused-ring (bicyclic) bond motifs is 1. The highest BCUT2D eigenvalue weighted by molar-refractivity contribution is 7.19. The van der Waals surface area contributed by atoms with Crippen LogP contribution in [0, 0.1) is 5.41 Å². The van der Waals surface area contributed by atoms with Crippen LogP contribution in [0.5, 0.6) is 0 Å². The standard InChI is InChI=1S/C19H22N6OS/c1-22-11-12-9-16-17(27-12)19(25-5-7-26-8-6-25)24-18(23-16)13-3-2-4-15(21)14(13)10-20/h2-4,9-10,20,22H,5-8,11,21H2,1H3. The smallest absolute Gasteiger partial charge is 0.162 e. The number of rotatable bonds is 5. The van der Waals surface area contributed by atoms with Crippen LogP contribution in [0.1, 0.15) is 10.4 Å². The number of thiophene rings is 1. The van der Waals surface area contributed by atoms with E-state index in [-0.39, 0.29) is 0 Å². The number of anilines is 2. The Hall–Kier alpha value is -2.55. The molecule has 1 aromatic carbocycles. The van der Waals surface area contributed by atoms with Gasteiger partial charge in [0.15, 0.2) is 11.6 Å². The van der Waals surface area contributed by atoms with Gasteiger partial charge < -0.3 is 26.1 Å². The predicted molar refractivity (Wildman–Crippen MR) is 111 cm³/mol. The Labute approximate surface area is 161 Å². The Balaban J connectivity index is 1.91. The van der Waals surface area contributed by atoms with E-state index in [0.717, 1.165) is 41.2 Å². The number of hydrogen-bond donors (Lipinski definition) is 3. The molecule has 1 aliphatic rings. The highest BCUT2D eigenvalue weighted by Gasteiger charge is 2.21. The zero-order valence-corrected chi connectivity index (χ0v) is 16.0. The Morgan fingerprint density at radius 2 is 2.15 bits per heavy atom. The summed E-state index contributed by atoms with van der Waals surface area (Å²) in [7, 11) is 1.94. The van der Waals surface area contributed by atoms with Gasteiger partial charge >= 0.3 is 0 Å². The molecule has 1 aliphatic heterocycles. The average Bonchev–Trinajstić information content (AvgIpc) is 3.10. The van der Waals surface area contributed by atoms with E-state index in [9.17, 15) is 0 Å². The molecule has 0 aliphatic carbocycles. The molecular formula is C19H22N6OS. The molecule has 3 aromatic rings. The average molecular weight is 382 g/mol. The quantitative estimate of drug-likeness (QED) is 0.463. The molecule has 0 unspecified atom stereocenters. The van der Waals surface area contributed by atoms with E-state index in [2.05, 4.69) is 16.3 Å². The Morgan fingerprint density at radius 3 is 2.89 bits per heavy atom. The first-order valence-corrected chi connectivity index (χ1v) is 9.70. The third-order valence-electron chi connectivity index (χ3n) is 4.59. The summed E-state index contributed by atoms with van der Waals surface area (Å²) in [4.78, 5) is 13.2. The van der Waals surface area contributed by atoms with Crippen molar-refractivity contribution in [3.8, 4) is 11.4 Å². The molecule has 0 amide bonds. The van der Waals surface area contributed by atoms with Crippen LogP contribution < -0.4 is 16.0 Å². The molecule has 27 heavy (non-hydrogen) atoms. The first kappa shape index (κ1) is 17.8. The van der Waals surface area contributed by atoms with E-state index in [1.165, 1.54) is 11.1 Å². The van der Waals surface area contributed by atoms with Gasteiger partial charge in [-0.05, 0) is 19.2 Å². The molecule has 3 heterocycles. The highest BCUT2D eigenvalue weighted by Crippen LogP contribution is 2.35. The number of nitrogens with one attached hydrogen (secondary N) is 2. The van der Waals surface area contributed by atoms with Gasteiger partial charge in [-0.2, -0.15) is 0 Å². The van der Waals surface area contributed by atoms with Crippen molar-refractivity contribution in [3.63, 3.8) is 0 Å². The lowest BCUT2D eigenvalue weighted by molar-refractivity contribution is 0.122. The zero-order chi connectivity index (χ0) is 18.8. The maximum atomic E-state index is 7.75. The van der Waals surface area contributed by atoms with Gasteiger partial charge in [0, 0.05) is 47.5 Å². The summed E-state index contributed by atoms with van der Waals surface area (Å²) in [5.74, 6) is 1.53. The summed E-state index contributed by atoms with van der Waals surface area (Å²) < 4.78 is 6.60. The highest BCUT2D eigenvalue weighted by atomic mass is 32.1. The summed E-state index contributed by atoms with van der Waals surface area (Å²) >= 11 is 1.72. The van der Waals surface area contributed by atoms with Crippen LogP contribution >= 0.6 is 11.3 Å². The number of nitrogen functional groups attached to an aromatic ring is 1. The molecule has 4 N–H and O–H groups in total. The van der Waals surface area contributed by atoms with Crippen LogP contribution in [0.4, 0.5) is 11.5 Å². The second kappa shape index (κ2) is 7.59. The molecular weight excluding hydrogens is 360 g/mol. The summed E-state index contributed by atoms with van der Waals surface area (Å²) in [6, 6.07) is 7.70. The molecule has 1 fully saturated rings. The lowest BCUT2D eigenvalue weighted by Crippen LogP contribution is -2.36. The first-order valence-electron chi connectivity index (χ1n) is 8.88. The monoisotopic (exact) mass is 382 g/mol. The van der Waals surface area contributed by atoms with Gasteiger partial charge in [-0.15, -0.1) is 11.3 Å². The number of nitrogens with zero attached hydrogens (tertiary/aromatic N) is 3. The van der Waals surface area contributed by atoms with Crippen molar-refractivity contribution in [2.24, 2.45) is 0 Å². The molecule has 0 radical (unpaired) electrons. The maximum Gasteiger partial charge on any atom is 0.162 e. The van der Waals surface area contributed by atoms with E-state index in [0.29, 0.717) is 30.3 Å². The number of hydrogen-bond acceptors (Lipinski definition) is 8. The van der Waals surface area contributed by atoms with Gasteiger partial charge in [0.05, 0.1) is 23.4 Å². The number of aromatic nitrogens is 2. The number of ether oxygens (including phenoxy) is 1. The van der Waals surface area contributed by atoms with Crippen LogP contribution in [0.15, 0.2) is 24.3 Å². The lowest BCUT2D eigenvalue weighted by atomic mass is 10.1. The van der Waals surface area contributed by atoms with Crippen molar-refractivity contribution in [2.45, 2.75) is 6.54 Å². The Bertz CT molecular complexity index is 980. The SMILES string of the molecule is CNCc1cc2nc(-c3cccc(N)c3C=N)nc(N3CCOCC3)c2s1. The fourth-order valence-corrected chi connectivity index (χ4v) is 4.40. The van der Waals surface area contributed by atoms with E-state index in [1.54, 1.807) is 17.4 Å². The maximum absolute atomic E-state index is 7.75. The molecule has 7 nitrogen and oxygen atoms in total. The van der Waals surface area contributed by atoms with Crippen LogP contribution in [-0.2, 0) is 11.3 Å². The normalized spacial score (nSPS) is 14.6. The van der Waals surface area contributed by atoms with Crippen molar-refractivity contribution >= 4 is 39.3 Å². The van der Waals surface area contributed by atoms with Crippen LogP contribution in [-0.4, -0.2) is 49.5 Å². The van der Waals surface area contributed by atoms with Crippen molar-refractivity contribution in [1.29, 1.82) is 5.41 Å². The molecule has 0 bridgehead atoms. The minimum absolute atomic E-state index is 0.556. The zero-order valence-electron chi connectivity index (χ0n) is 15.2. The minimum Gasteiger partial charge on any atom is -0.398 e. The van der Waals surface area contributed by atoms with E-state index < -0.39 is 0 Å². The van der Waals surface area contributed by atoms with E-state index in [4.69, 9.17) is 25.8 Å². The third kappa shape index (κ3) is 3.39. The molecule has 0 atom stereocenters. The molecule has 8 heteroatoms. The van der Waals surface area contributed by atoms with E-state index >= 15 is 0 Å². The first-order chi connectivity index (χ1) is 13.2. The van der Waals surface area contributed by atoms with Gasteiger partial charge in [0.25, 0.3) is 0 Å².